The van der Waals surface area contributed by atoms with Gasteiger partial charge in [0.15, 0.2) is 0 Å². The molecule has 2 rings (SSSR count). The second kappa shape index (κ2) is 11.4. The van der Waals surface area contributed by atoms with E-state index in [1.54, 1.807) is 12.1 Å². The quantitative estimate of drug-likeness (QED) is 0.335. The van der Waals surface area contributed by atoms with Crippen LogP contribution in [0.5, 0.6) is 0 Å². The van der Waals surface area contributed by atoms with Crippen molar-refractivity contribution >= 4 is 0 Å². The maximum absolute atomic E-state index is 13.5. The summed E-state index contributed by atoms with van der Waals surface area (Å²) in [6, 6.07) is 15.4. The summed E-state index contributed by atoms with van der Waals surface area (Å²) >= 11 is 0. The lowest BCUT2D eigenvalue weighted by Crippen LogP contribution is -2.33. The van der Waals surface area contributed by atoms with Crippen LogP contribution in [0.2, 0.25) is 0 Å². The summed E-state index contributed by atoms with van der Waals surface area (Å²) in [5.74, 6) is 0.167. The van der Waals surface area contributed by atoms with Crippen LogP contribution in [-0.2, 0) is 4.74 Å². The van der Waals surface area contributed by atoms with E-state index < -0.39 is 0 Å². The monoisotopic (exact) mass is 384 g/mol. The number of rotatable bonds is 12. The normalized spacial score (nSPS) is 12.9. The molecule has 0 heterocycles. The van der Waals surface area contributed by atoms with Gasteiger partial charge >= 0.3 is 0 Å². The third-order valence-electron chi connectivity index (χ3n) is 5.67. The largest absolute Gasteiger partial charge is 0.375 e. The second-order valence-corrected chi connectivity index (χ2v) is 8.28. The van der Waals surface area contributed by atoms with Crippen LogP contribution in [0.1, 0.15) is 84.1 Å². The molecule has 0 N–H and O–H groups in total. The molecule has 0 amide bonds. The van der Waals surface area contributed by atoms with E-state index in [0.29, 0.717) is 5.92 Å². The molecule has 154 valence electrons. The van der Waals surface area contributed by atoms with Gasteiger partial charge in [0.2, 0.25) is 0 Å². The summed E-state index contributed by atoms with van der Waals surface area (Å²) in [5.41, 5.74) is 3.09. The van der Waals surface area contributed by atoms with E-state index in [2.05, 4.69) is 52.0 Å². The van der Waals surface area contributed by atoms with Crippen molar-refractivity contribution < 1.29 is 9.13 Å². The van der Waals surface area contributed by atoms with Crippen molar-refractivity contribution in [3.63, 3.8) is 0 Å². The molecule has 0 fully saturated rings. The van der Waals surface area contributed by atoms with Gasteiger partial charge < -0.3 is 4.74 Å². The Hall–Kier alpha value is -1.67. The molecular weight excluding hydrogens is 347 g/mol. The van der Waals surface area contributed by atoms with Crippen molar-refractivity contribution in [1.82, 2.24) is 0 Å². The molecule has 1 unspecified atom stereocenters. The fraction of sp³-hybridized carbons (Fsp3) is 0.538. The number of hydrogen-bond acceptors (Lipinski definition) is 1. The van der Waals surface area contributed by atoms with E-state index in [9.17, 15) is 4.39 Å². The van der Waals surface area contributed by atoms with Crippen LogP contribution in [0.15, 0.2) is 48.5 Å². The van der Waals surface area contributed by atoms with E-state index in [1.807, 2.05) is 6.07 Å². The average molecular weight is 385 g/mol. The molecule has 0 saturated carbocycles. The standard InChI is InChI=1S/C26H37FO/c1-5-7-8-9-10-11-15-25(26(3,4)28-6-2)22-18-16-21(17-19-22)23-13-12-14-24(27)20-23/h12-14,16-20,25H,5-11,15H2,1-4H3. The van der Waals surface area contributed by atoms with Gasteiger partial charge in [0, 0.05) is 12.5 Å². The summed E-state index contributed by atoms with van der Waals surface area (Å²) in [5, 5.41) is 0. The Bertz CT molecular complexity index is 690. The molecule has 0 bridgehead atoms. The number of ether oxygens (including phenoxy) is 1. The Labute approximate surface area is 171 Å². The van der Waals surface area contributed by atoms with Gasteiger partial charge in [-0.05, 0) is 56.0 Å². The first kappa shape index (κ1) is 22.6. The third kappa shape index (κ3) is 6.74. The Morgan fingerprint density at radius 1 is 0.857 bits per heavy atom. The molecule has 0 radical (unpaired) electrons. The van der Waals surface area contributed by atoms with Crippen LogP contribution < -0.4 is 0 Å². The zero-order valence-electron chi connectivity index (χ0n) is 18.1. The lowest BCUT2D eigenvalue weighted by atomic mass is 9.80. The maximum Gasteiger partial charge on any atom is 0.123 e. The minimum absolute atomic E-state index is 0.194. The number of benzene rings is 2. The van der Waals surface area contributed by atoms with Gasteiger partial charge in [-0.1, -0.05) is 81.8 Å². The molecule has 0 spiro atoms. The molecule has 2 aromatic carbocycles. The van der Waals surface area contributed by atoms with Crippen molar-refractivity contribution in [3.8, 4) is 11.1 Å². The molecule has 0 aliphatic rings. The Morgan fingerprint density at radius 3 is 2.18 bits per heavy atom. The predicted molar refractivity (Wildman–Crippen MR) is 118 cm³/mol. The summed E-state index contributed by atoms with van der Waals surface area (Å²) in [7, 11) is 0. The van der Waals surface area contributed by atoms with E-state index in [1.165, 1.54) is 50.2 Å². The zero-order valence-corrected chi connectivity index (χ0v) is 18.1. The van der Waals surface area contributed by atoms with Crippen LogP contribution in [0.25, 0.3) is 11.1 Å². The predicted octanol–water partition coefficient (Wildman–Crippen LogP) is 8.14. The van der Waals surface area contributed by atoms with Crippen LogP contribution >= 0.6 is 0 Å². The SMILES string of the molecule is CCCCCCCCC(c1ccc(-c2cccc(F)c2)cc1)C(C)(C)OCC. The first-order valence-corrected chi connectivity index (χ1v) is 11.0. The van der Waals surface area contributed by atoms with Crippen LogP contribution in [0.4, 0.5) is 4.39 Å². The molecule has 0 saturated heterocycles. The Balaban J connectivity index is 2.11. The fourth-order valence-corrected chi connectivity index (χ4v) is 4.09. The first-order valence-electron chi connectivity index (χ1n) is 11.0. The summed E-state index contributed by atoms with van der Waals surface area (Å²) < 4.78 is 19.7. The fourth-order valence-electron chi connectivity index (χ4n) is 4.09. The van der Waals surface area contributed by atoms with Crippen molar-refractivity contribution in [1.29, 1.82) is 0 Å². The molecule has 28 heavy (non-hydrogen) atoms. The molecule has 2 aromatic rings. The summed E-state index contributed by atoms with van der Waals surface area (Å²) in [4.78, 5) is 0. The molecule has 0 aliphatic heterocycles. The molecular formula is C26H37FO. The second-order valence-electron chi connectivity index (χ2n) is 8.28. The highest BCUT2D eigenvalue weighted by Crippen LogP contribution is 2.36. The van der Waals surface area contributed by atoms with E-state index >= 15 is 0 Å². The highest BCUT2D eigenvalue weighted by Gasteiger charge is 2.30. The van der Waals surface area contributed by atoms with Crippen molar-refractivity contribution in [3.05, 3.63) is 59.9 Å². The zero-order chi connectivity index (χ0) is 20.4. The number of unbranched alkanes of at least 4 members (excludes halogenated alkanes) is 5. The molecule has 0 aromatic heterocycles. The topological polar surface area (TPSA) is 9.23 Å². The average Bonchev–Trinajstić information content (AvgIpc) is 2.67. The van der Waals surface area contributed by atoms with Gasteiger partial charge in [0.05, 0.1) is 5.60 Å². The van der Waals surface area contributed by atoms with Crippen LogP contribution in [-0.4, -0.2) is 12.2 Å². The summed E-state index contributed by atoms with van der Waals surface area (Å²) in [6.07, 6.45) is 8.97. The minimum Gasteiger partial charge on any atom is -0.375 e. The van der Waals surface area contributed by atoms with Crippen molar-refractivity contribution in [2.45, 2.75) is 84.2 Å². The van der Waals surface area contributed by atoms with Gasteiger partial charge in [0.1, 0.15) is 5.82 Å². The van der Waals surface area contributed by atoms with Crippen LogP contribution in [0.3, 0.4) is 0 Å². The van der Waals surface area contributed by atoms with E-state index in [0.717, 1.165) is 24.2 Å². The summed E-state index contributed by atoms with van der Waals surface area (Å²) in [6.45, 7) is 9.46. The lowest BCUT2D eigenvalue weighted by Gasteiger charge is -2.35. The maximum atomic E-state index is 13.5. The molecule has 1 atom stereocenters. The van der Waals surface area contributed by atoms with Gasteiger partial charge in [-0.3, -0.25) is 0 Å². The Kier molecular flexibility index (Phi) is 9.18. The first-order chi connectivity index (χ1) is 13.5. The van der Waals surface area contributed by atoms with E-state index in [4.69, 9.17) is 4.74 Å². The number of halogens is 1. The smallest absolute Gasteiger partial charge is 0.123 e. The minimum atomic E-state index is -0.196. The van der Waals surface area contributed by atoms with Crippen molar-refractivity contribution in [2.24, 2.45) is 0 Å². The van der Waals surface area contributed by atoms with Gasteiger partial charge in [-0.25, -0.2) is 4.39 Å². The van der Waals surface area contributed by atoms with Gasteiger partial charge in [-0.2, -0.15) is 0 Å². The highest BCUT2D eigenvalue weighted by atomic mass is 19.1. The van der Waals surface area contributed by atoms with Crippen LogP contribution in [0, 0.1) is 5.82 Å². The molecule has 2 heteroatoms. The van der Waals surface area contributed by atoms with Gasteiger partial charge in [-0.15, -0.1) is 0 Å². The van der Waals surface area contributed by atoms with Gasteiger partial charge in [0.25, 0.3) is 0 Å². The lowest BCUT2D eigenvalue weighted by molar-refractivity contribution is -0.0335. The third-order valence-corrected chi connectivity index (χ3v) is 5.67. The molecule has 1 nitrogen and oxygen atoms in total. The van der Waals surface area contributed by atoms with E-state index in [-0.39, 0.29) is 11.4 Å². The van der Waals surface area contributed by atoms with Crippen molar-refractivity contribution in [2.75, 3.05) is 6.61 Å². The molecule has 0 aliphatic carbocycles. The number of hydrogen-bond donors (Lipinski definition) is 0. The Morgan fingerprint density at radius 2 is 1.54 bits per heavy atom. The highest BCUT2D eigenvalue weighted by molar-refractivity contribution is 5.63.